The quantitative estimate of drug-likeness (QED) is 0.570. The van der Waals surface area contributed by atoms with Gasteiger partial charge in [0.05, 0.1) is 0 Å². The Morgan fingerprint density at radius 3 is 3.17 bits per heavy atom. The maximum atomic E-state index is 9.15. The predicted octanol–water partition coefficient (Wildman–Crippen LogP) is 0.540. The van der Waals surface area contributed by atoms with E-state index in [4.69, 9.17) is 10.5 Å². The van der Waals surface area contributed by atoms with Gasteiger partial charge in [-0.1, -0.05) is 0 Å². The number of rotatable bonds is 0. The largest absolute Gasteiger partial charge is 0.427 e. The van der Waals surface area contributed by atoms with E-state index >= 15 is 0 Å². The van der Waals surface area contributed by atoms with Gasteiger partial charge in [-0.05, 0) is 6.07 Å². The van der Waals surface area contributed by atoms with Crippen LogP contribution in [-0.4, -0.2) is 19.9 Å². The Hall–Kier alpha value is -2.09. The summed E-state index contributed by atoms with van der Waals surface area (Å²) < 4.78 is 0.859. The summed E-state index contributed by atoms with van der Waals surface area (Å²) in [6.07, 6.45) is 2.94. The molecule has 0 aliphatic heterocycles. The molecule has 0 amide bonds. The molecule has 1 N–H and O–H groups in total. The zero-order chi connectivity index (χ0) is 8.55. The van der Waals surface area contributed by atoms with Crippen LogP contribution >= 0.6 is 0 Å². The van der Waals surface area contributed by atoms with Crippen molar-refractivity contribution in [1.82, 2.24) is 14.7 Å². The molecule has 2 heterocycles. The van der Waals surface area contributed by atoms with Crippen LogP contribution in [0.4, 0.5) is 0 Å². The second kappa shape index (κ2) is 2.20. The highest BCUT2D eigenvalue weighted by molar-refractivity contribution is 5.74. The van der Waals surface area contributed by atoms with E-state index in [1.165, 1.54) is 12.4 Å². The SMILES string of the molecule is N#Cc1ncc2ccn(O)c2n1. The highest BCUT2D eigenvalue weighted by atomic mass is 16.5. The Kier molecular flexibility index (Phi) is 1.21. The second-order valence-electron chi connectivity index (χ2n) is 2.24. The van der Waals surface area contributed by atoms with Gasteiger partial charge in [0, 0.05) is 17.8 Å². The first-order valence-corrected chi connectivity index (χ1v) is 3.25. The molecule has 0 aromatic carbocycles. The number of hydrogen-bond donors (Lipinski definition) is 1. The standard InChI is InChI=1S/C7H4N4O/c8-3-6-9-4-5-1-2-11(12)7(5)10-6/h1-2,4,12H. The molecule has 5 nitrogen and oxygen atoms in total. The summed E-state index contributed by atoms with van der Waals surface area (Å²) in [6, 6.07) is 3.45. The summed E-state index contributed by atoms with van der Waals surface area (Å²) in [7, 11) is 0. The smallest absolute Gasteiger partial charge is 0.234 e. The molecule has 0 radical (unpaired) electrons. The van der Waals surface area contributed by atoms with E-state index in [9.17, 15) is 0 Å². The first kappa shape index (κ1) is 6.61. The minimum Gasteiger partial charge on any atom is -0.427 e. The Labute approximate surface area is 67.5 Å². The van der Waals surface area contributed by atoms with Crippen LogP contribution in [-0.2, 0) is 0 Å². The maximum Gasteiger partial charge on any atom is 0.234 e. The van der Waals surface area contributed by atoms with Crippen LogP contribution in [0.25, 0.3) is 11.0 Å². The highest BCUT2D eigenvalue weighted by Gasteiger charge is 2.02. The van der Waals surface area contributed by atoms with Crippen molar-refractivity contribution < 1.29 is 5.21 Å². The fourth-order valence-electron chi connectivity index (χ4n) is 0.959. The highest BCUT2D eigenvalue weighted by Crippen LogP contribution is 2.09. The van der Waals surface area contributed by atoms with Crippen molar-refractivity contribution in [2.75, 3.05) is 0 Å². The maximum absolute atomic E-state index is 9.15. The average molecular weight is 160 g/mol. The third-order valence-corrected chi connectivity index (χ3v) is 1.51. The number of nitriles is 1. The van der Waals surface area contributed by atoms with Gasteiger partial charge < -0.3 is 5.21 Å². The van der Waals surface area contributed by atoms with Gasteiger partial charge in [-0.2, -0.15) is 15.0 Å². The van der Waals surface area contributed by atoms with Gasteiger partial charge in [0.15, 0.2) is 5.65 Å². The summed E-state index contributed by atoms with van der Waals surface area (Å²) >= 11 is 0. The minimum absolute atomic E-state index is 0.0523. The summed E-state index contributed by atoms with van der Waals surface area (Å²) in [6.45, 7) is 0. The zero-order valence-electron chi connectivity index (χ0n) is 5.97. The number of nitrogens with zero attached hydrogens (tertiary/aromatic N) is 4. The molecular weight excluding hydrogens is 156 g/mol. The van der Waals surface area contributed by atoms with Crippen molar-refractivity contribution >= 4 is 11.0 Å². The summed E-state index contributed by atoms with van der Waals surface area (Å²) in [5.74, 6) is 0.0523. The lowest BCUT2D eigenvalue weighted by molar-refractivity contribution is 0.198. The molecule has 0 unspecified atom stereocenters. The molecular formula is C7H4N4O. The molecule has 0 fully saturated rings. The predicted molar refractivity (Wildman–Crippen MR) is 39.4 cm³/mol. The van der Waals surface area contributed by atoms with Gasteiger partial charge in [0.2, 0.25) is 5.82 Å². The molecule has 0 spiro atoms. The van der Waals surface area contributed by atoms with E-state index in [-0.39, 0.29) is 5.82 Å². The lowest BCUT2D eigenvalue weighted by Gasteiger charge is -1.92. The fraction of sp³-hybridized carbons (Fsp3) is 0. The van der Waals surface area contributed by atoms with Gasteiger partial charge in [-0.25, -0.2) is 4.98 Å². The van der Waals surface area contributed by atoms with Gasteiger partial charge in [-0.3, -0.25) is 0 Å². The van der Waals surface area contributed by atoms with Crippen molar-refractivity contribution in [2.24, 2.45) is 0 Å². The number of aromatic nitrogens is 3. The van der Waals surface area contributed by atoms with Crippen molar-refractivity contribution in [3.63, 3.8) is 0 Å². The molecule has 0 atom stereocenters. The Morgan fingerprint density at radius 1 is 1.58 bits per heavy atom. The summed E-state index contributed by atoms with van der Waals surface area (Å²) in [5, 5.41) is 18.3. The van der Waals surface area contributed by atoms with Crippen LogP contribution in [0.1, 0.15) is 5.82 Å². The molecule has 5 heteroatoms. The Bertz CT molecular complexity index is 468. The van der Waals surface area contributed by atoms with Crippen LogP contribution in [0.5, 0.6) is 0 Å². The molecule has 2 rings (SSSR count). The summed E-state index contributed by atoms with van der Waals surface area (Å²) in [4.78, 5) is 7.54. The van der Waals surface area contributed by atoms with Crippen LogP contribution in [0, 0.1) is 11.3 Å². The molecule has 2 aromatic heterocycles. The topological polar surface area (TPSA) is 74.7 Å². The average Bonchev–Trinajstić information content (AvgIpc) is 2.47. The summed E-state index contributed by atoms with van der Waals surface area (Å²) in [5.41, 5.74) is 0.349. The molecule has 2 aromatic rings. The molecule has 0 aliphatic carbocycles. The van der Waals surface area contributed by atoms with E-state index in [0.29, 0.717) is 11.0 Å². The van der Waals surface area contributed by atoms with Crippen LogP contribution in [0.15, 0.2) is 18.5 Å². The third kappa shape index (κ3) is 0.787. The number of hydrogen-bond acceptors (Lipinski definition) is 4. The first-order valence-electron chi connectivity index (χ1n) is 3.25. The van der Waals surface area contributed by atoms with Gasteiger partial charge in [-0.15, -0.1) is 0 Å². The first-order chi connectivity index (χ1) is 5.81. The molecule has 0 saturated heterocycles. The Balaban J connectivity index is 2.82. The van der Waals surface area contributed by atoms with Crippen molar-refractivity contribution in [3.05, 3.63) is 24.3 Å². The second-order valence-corrected chi connectivity index (χ2v) is 2.24. The zero-order valence-corrected chi connectivity index (χ0v) is 5.97. The van der Waals surface area contributed by atoms with Crippen molar-refractivity contribution in [2.45, 2.75) is 0 Å². The van der Waals surface area contributed by atoms with Gasteiger partial charge >= 0.3 is 0 Å². The Morgan fingerprint density at radius 2 is 2.42 bits per heavy atom. The van der Waals surface area contributed by atoms with Gasteiger partial charge in [0.25, 0.3) is 0 Å². The van der Waals surface area contributed by atoms with Crippen LogP contribution < -0.4 is 0 Å². The normalized spacial score (nSPS) is 9.92. The molecule has 58 valence electrons. The monoisotopic (exact) mass is 160 g/mol. The van der Waals surface area contributed by atoms with Crippen LogP contribution in [0.3, 0.4) is 0 Å². The molecule has 0 aliphatic rings. The van der Waals surface area contributed by atoms with E-state index in [1.807, 2.05) is 0 Å². The van der Waals surface area contributed by atoms with Crippen LogP contribution in [0.2, 0.25) is 0 Å². The van der Waals surface area contributed by atoms with E-state index in [0.717, 1.165) is 4.73 Å². The molecule has 12 heavy (non-hydrogen) atoms. The lowest BCUT2D eigenvalue weighted by Crippen LogP contribution is -1.93. The minimum atomic E-state index is 0.0523. The van der Waals surface area contributed by atoms with E-state index in [1.54, 1.807) is 12.1 Å². The molecule has 0 bridgehead atoms. The van der Waals surface area contributed by atoms with Crippen molar-refractivity contribution in [1.29, 1.82) is 5.26 Å². The fourth-order valence-corrected chi connectivity index (χ4v) is 0.959. The molecule has 0 saturated carbocycles. The van der Waals surface area contributed by atoms with E-state index in [2.05, 4.69) is 9.97 Å². The van der Waals surface area contributed by atoms with Gasteiger partial charge in [0.1, 0.15) is 6.07 Å². The number of fused-ring (bicyclic) bond motifs is 1. The lowest BCUT2D eigenvalue weighted by atomic mass is 10.4. The third-order valence-electron chi connectivity index (χ3n) is 1.51. The van der Waals surface area contributed by atoms with Crippen molar-refractivity contribution in [3.8, 4) is 6.07 Å². The van der Waals surface area contributed by atoms with E-state index < -0.39 is 0 Å².